The van der Waals surface area contributed by atoms with Gasteiger partial charge in [-0.1, -0.05) is 146 Å². The molecule has 236 valence electrons. The molecule has 0 saturated heterocycles. The van der Waals surface area contributed by atoms with Gasteiger partial charge in [0.15, 0.2) is 0 Å². The standard InChI is InChI=1S/C49H29NO/c1-2-13-30(14-3-1)46-47-39-21-8-10-23-43(39)50-49(42(47)29-45-48(46)40-22-9-11-24-44(40)51-45)33-16-12-15-31(27-33)32-25-26-38-36-19-5-4-17-34(36)35-18-6-7-20-37(35)41(38)28-32/h1-29H. The second kappa shape index (κ2) is 10.9. The number of fused-ring (bicyclic) bond motifs is 12. The lowest BCUT2D eigenvalue weighted by molar-refractivity contribution is 0.669. The van der Waals surface area contributed by atoms with Crippen molar-refractivity contribution >= 4 is 75.9 Å². The van der Waals surface area contributed by atoms with E-state index in [1.807, 2.05) is 6.07 Å². The number of aromatic nitrogens is 1. The van der Waals surface area contributed by atoms with Gasteiger partial charge in [0.1, 0.15) is 11.2 Å². The molecule has 11 rings (SSSR count). The molecule has 0 atom stereocenters. The number of para-hydroxylation sites is 2. The molecular formula is C49H29NO. The third-order valence-corrected chi connectivity index (χ3v) is 10.6. The Labute approximate surface area is 293 Å². The van der Waals surface area contributed by atoms with E-state index in [4.69, 9.17) is 9.40 Å². The number of furan rings is 1. The molecule has 2 aromatic heterocycles. The third kappa shape index (κ3) is 4.20. The first kappa shape index (κ1) is 28.1. The number of nitrogens with zero attached hydrogens (tertiary/aromatic N) is 1. The maximum absolute atomic E-state index is 6.60. The third-order valence-electron chi connectivity index (χ3n) is 10.6. The highest BCUT2D eigenvalue weighted by molar-refractivity contribution is 6.28. The van der Waals surface area contributed by atoms with Gasteiger partial charge < -0.3 is 4.42 Å². The van der Waals surface area contributed by atoms with Crippen molar-refractivity contribution in [2.45, 2.75) is 0 Å². The van der Waals surface area contributed by atoms with Gasteiger partial charge in [-0.2, -0.15) is 0 Å². The summed E-state index contributed by atoms with van der Waals surface area (Å²) in [5.41, 5.74) is 9.41. The molecule has 2 heteroatoms. The molecule has 0 aliphatic carbocycles. The van der Waals surface area contributed by atoms with Crippen molar-refractivity contribution in [3.63, 3.8) is 0 Å². The zero-order valence-corrected chi connectivity index (χ0v) is 27.6. The Kier molecular flexibility index (Phi) is 5.99. The van der Waals surface area contributed by atoms with Crippen LogP contribution < -0.4 is 0 Å². The molecule has 51 heavy (non-hydrogen) atoms. The summed E-state index contributed by atoms with van der Waals surface area (Å²) >= 11 is 0. The molecule has 0 fully saturated rings. The molecule has 2 heterocycles. The Bertz CT molecular complexity index is 3150. The van der Waals surface area contributed by atoms with Crippen molar-refractivity contribution < 1.29 is 4.42 Å². The van der Waals surface area contributed by atoms with Gasteiger partial charge in [-0.05, 0) is 79.3 Å². The zero-order chi connectivity index (χ0) is 33.5. The minimum Gasteiger partial charge on any atom is -0.456 e. The molecule has 0 aliphatic heterocycles. The van der Waals surface area contributed by atoms with Crippen molar-refractivity contribution in [3.8, 4) is 33.5 Å². The normalized spacial score (nSPS) is 11.9. The maximum atomic E-state index is 6.60. The lowest BCUT2D eigenvalue weighted by Gasteiger charge is -2.16. The van der Waals surface area contributed by atoms with E-state index in [-0.39, 0.29) is 0 Å². The van der Waals surface area contributed by atoms with Crippen LogP contribution in [-0.4, -0.2) is 4.98 Å². The first-order valence-corrected chi connectivity index (χ1v) is 17.5. The van der Waals surface area contributed by atoms with Crippen molar-refractivity contribution in [3.05, 3.63) is 176 Å². The number of rotatable bonds is 3. The summed E-state index contributed by atoms with van der Waals surface area (Å²) in [4.78, 5) is 5.39. The monoisotopic (exact) mass is 647 g/mol. The number of hydrogen-bond donors (Lipinski definition) is 0. The predicted molar refractivity (Wildman–Crippen MR) is 215 cm³/mol. The quantitative estimate of drug-likeness (QED) is 0.178. The molecule has 0 bridgehead atoms. The first-order valence-electron chi connectivity index (χ1n) is 17.5. The molecule has 0 unspecified atom stereocenters. The first-order chi connectivity index (χ1) is 25.3. The van der Waals surface area contributed by atoms with Crippen LogP contribution in [-0.2, 0) is 0 Å². The van der Waals surface area contributed by atoms with Crippen molar-refractivity contribution in [1.82, 2.24) is 4.98 Å². The summed E-state index contributed by atoms with van der Waals surface area (Å²) in [5.74, 6) is 0. The predicted octanol–water partition coefficient (Wildman–Crippen LogP) is 13.7. The van der Waals surface area contributed by atoms with Gasteiger partial charge in [-0.15, -0.1) is 0 Å². The topological polar surface area (TPSA) is 26.0 Å². The van der Waals surface area contributed by atoms with Crippen LogP contribution in [0.25, 0.3) is 109 Å². The summed E-state index contributed by atoms with van der Waals surface area (Å²) in [6.45, 7) is 0. The minimum atomic E-state index is 0.866. The molecule has 0 spiro atoms. The van der Waals surface area contributed by atoms with Crippen molar-refractivity contribution in [1.29, 1.82) is 0 Å². The highest BCUT2D eigenvalue weighted by atomic mass is 16.3. The summed E-state index contributed by atoms with van der Waals surface area (Å²) < 4.78 is 6.60. The highest BCUT2D eigenvalue weighted by Gasteiger charge is 2.21. The Morgan fingerprint density at radius 2 is 0.882 bits per heavy atom. The summed E-state index contributed by atoms with van der Waals surface area (Å²) in [6, 6.07) is 63.1. The summed E-state index contributed by atoms with van der Waals surface area (Å²) in [7, 11) is 0. The van der Waals surface area contributed by atoms with E-state index in [0.29, 0.717) is 0 Å². The number of hydrogen-bond acceptors (Lipinski definition) is 2. The fourth-order valence-corrected chi connectivity index (χ4v) is 8.36. The molecule has 11 aromatic rings. The van der Waals surface area contributed by atoms with Crippen LogP contribution >= 0.6 is 0 Å². The molecule has 0 saturated carbocycles. The second-order valence-corrected chi connectivity index (χ2v) is 13.4. The Balaban J connectivity index is 1.20. The van der Waals surface area contributed by atoms with E-state index < -0.39 is 0 Å². The van der Waals surface area contributed by atoms with Crippen LogP contribution in [0, 0.1) is 0 Å². The van der Waals surface area contributed by atoms with E-state index in [0.717, 1.165) is 60.6 Å². The average molecular weight is 648 g/mol. The van der Waals surface area contributed by atoms with Crippen LogP contribution in [0.2, 0.25) is 0 Å². The SMILES string of the molecule is c1ccc(-c2c3c(cc4c(-c5cccc(-c6ccc7c8ccccc8c8ccccc8c7c6)c5)nc5ccccc5c24)oc2ccccc23)cc1. The molecule has 9 aromatic carbocycles. The Morgan fingerprint density at radius 3 is 1.65 bits per heavy atom. The lowest BCUT2D eigenvalue weighted by Crippen LogP contribution is -1.93. The smallest absolute Gasteiger partial charge is 0.136 e. The molecular weight excluding hydrogens is 619 g/mol. The second-order valence-electron chi connectivity index (χ2n) is 13.4. The molecule has 2 nitrogen and oxygen atoms in total. The summed E-state index contributed by atoms with van der Waals surface area (Å²) in [6.07, 6.45) is 0. The number of pyridine rings is 1. The molecule has 0 N–H and O–H groups in total. The van der Waals surface area contributed by atoms with E-state index in [9.17, 15) is 0 Å². The maximum Gasteiger partial charge on any atom is 0.136 e. The van der Waals surface area contributed by atoms with Gasteiger partial charge in [0.05, 0.1) is 11.2 Å². The van der Waals surface area contributed by atoms with E-state index >= 15 is 0 Å². The van der Waals surface area contributed by atoms with Crippen molar-refractivity contribution in [2.24, 2.45) is 0 Å². The van der Waals surface area contributed by atoms with E-state index in [2.05, 4.69) is 170 Å². The Morgan fingerprint density at radius 1 is 0.314 bits per heavy atom. The minimum absolute atomic E-state index is 0.866. The lowest BCUT2D eigenvalue weighted by atomic mass is 9.89. The number of benzene rings is 9. The van der Waals surface area contributed by atoms with Gasteiger partial charge in [0.2, 0.25) is 0 Å². The van der Waals surface area contributed by atoms with Crippen LogP contribution in [0.3, 0.4) is 0 Å². The Hall–Kier alpha value is -6.77. The molecule has 0 radical (unpaired) electrons. The summed E-state index contributed by atoms with van der Waals surface area (Å²) in [5, 5.41) is 13.3. The van der Waals surface area contributed by atoms with Crippen LogP contribution in [0.1, 0.15) is 0 Å². The largest absolute Gasteiger partial charge is 0.456 e. The van der Waals surface area contributed by atoms with Crippen LogP contribution in [0.5, 0.6) is 0 Å². The van der Waals surface area contributed by atoms with E-state index in [1.165, 1.54) is 48.8 Å². The average Bonchev–Trinajstić information content (AvgIpc) is 3.58. The van der Waals surface area contributed by atoms with Gasteiger partial charge in [-0.25, -0.2) is 4.98 Å². The van der Waals surface area contributed by atoms with Gasteiger partial charge in [0.25, 0.3) is 0 Å². The fraction of sp³-hybridized carbons (Fsp3) is 0. The van der Waals surface area contributed by atoms with Crippen LogP contribution in [0.15, 0.2) is 180 Å². The highest BCUT2D eigenvalue weighted by Crippen LogP contribution is 2.46. The van der Waals surface area contributed by atoms with Gasteiger partial charge >= 0.3 is 0 Å². The zero-order valence-electron chi connectivity index (χ0n) is 27.6. The van der Waals surface area contributed by atoms with Crippen molar-refractivity contribution in [2.75, 3.05) is 0 Å². The van der Waals surface area contributed by atoms with Crippen LogP contribution in [0.4, 0.5) is 0 Å². The molecule has 0 amide bonds. The van der Waals surface area contributed by atoms with Gasteiger partial charge in [0, 0.05) is 38.1 Å². The van der Waals surface area contributed by atoms with E-state index in [1.54, 1.807) is 0 Å². The molecule has 0 aliphatic rings. The van der Waals surface area contributed by atoms with Gasteiger partial charge in [-0.3, -0.25) is 0 Å². The fourth-order valence-electron chi connectivity index (χ4n) is 8.36.